The molecule has 1 atom stereocenters. The van der Waals surface area contributed by atoms with Gasteiger partial charge in [-0.3, -0.25) is 4.40 Å². The van der Waals surface area contributed by atoms with Crippen molar-refractivity contribution in [1.29, 1.82) is 0 Å². The van der Waals surface area contributed by atoms with Crippen molar-refractivity contribution < 1.29 is 5.11 Å². The molecule has 1 unspecified atom stereocenters. The van der Waals surface area contributed by atoms with E-state index in [1.807, 2.05) is 22.7 Å². The molecule has 0 aromatic carbocycles. The molecule has 3 rings (SSSR count). The molecule has 0 amide bonds. The number of hydrogen-bond acceptors (Lipinski definition) is 3. The first-order valence-corrected chi connectivity index (χ1v) is 6.10. The second-order valence-corrected chi connectivity index (χ2v) is 4.80. The average molecular weight is 231 g/mol. The standard InChI is InChI=1S/C13H17N3O/c1-15-7-3-5-10(15)8-12-14-9-11-4-2-6-13(17)16(11)12/h2,4,6,9-10,17H,3,5,7-8H2,1H3. The topological polar surface area (TPSA) is 40.8 Å². The number of aromatic hydroxyl groups is 1. The highest BCUT2D eigenvalue weighted by Crippen LogP contribution is 2.22. The highest BCUT2D eigenvalue weighted by molar-refractivity contribution is 5.48. The summed E-state index contributed by atoms with van der Waals surface area (Å²) in [5, 5.41) is 9.89. The third-order valence-corrected chi connectivity index (χ3v) is 3.69. The zero-order valence-electron chi connectivity index (χ0n) is 10.0. The number of likely N-dealkylation sites (N-methyl/N-ethyl adjacent to an activating group) is 1. The van der Waals surface area contributed by atoms with E-state index >= 15 is 0 Å². The van der Waals surface area contributed by atoms with Crippen molar-refractivity contribution in [2.75, 3.05) is 13.6 Å². The van der Waals surface area contributed by atoms with Crippen molar-refractivity contribution in [3.05, 3.63) is 30.2 Å². The smallest absolute Gasteiger partial charge is 0.197 e. The summed E-state index contributed by atoms with van der Waals surface area (Å²) < 4.78 is 1.84. The van der Waals surface area contributed by atoms with Crippen molar-refractivity contribution >= 4 is 5.52 Å². The maximum Gasteiger partial charge on any atom is 0.197 e. The number of aromatic nitrogens is 2. The zero-order chi connectivity index (χ0) is 11.8. The first kappa shape index (κ1) is 10.6. The maximum atomic E-state index is 9.89. The van der Waals surface area contributed by atoms with Crippen LogP contribution < -0.4 is 0 Å². The lowest BCUT2D eigenvalue weighted by atomic mass is 10.1. The van der Waals surface area contributed by atoms with E-state index in [0.29, 0.717) is 6.04 Å². The third-order valence-electron chi connectivity index (χ3n) is 3.69. The van der Waals surface area contributed by atoms with Crippen LogP contribution in [-0.2, 0) is 6.42 Å². The van der Waals surface area contributed by atoms with E-state index in [0.717, 1.165) is 17.8 Å². The second-order valence-electron chi connectivity index (χ2n) is 4.80. The van der Waals surface area contributed by atoms with Crippen molar-refractivity contribution in [1.82, 2.24) is 14.3 Å². The fraction of sp³-hybridized carbons (Fsp3) is 0.462. The Kier molecular flexibility index (Phi) is 2.52. The third kappa shape index (κ3) is 1.78. The van der Waals surface area contributed by atoms with E-state index in [4.69, 9.17) is 0 Å². The number of imidazole rings is 1. The van der Waals surface area contributed by atoms with E-state index in [9.17, 15) is 5.11 Å². The van der Waals surface area contributed by atoms with Crippen LogP contribution in [0.25, 0.3) is 5.52 Å². The lowest BCUT2D eigenvalue weighted by Crippen LogP contribution is -2.27. The molecule has 1 N–H and O–H groups in total. The van der Waals surface area contributed by atoms with Crippen LogP contribution in [0.5, 0.6) is 5.88 Å². The minimum absolute atomic E-state index is 0.274. The average Bonchev–Trinajstić information content (AvgIpc) is 2.89. The van der Waals surface area contributed by atoms with Crippen LogP contribution in [0.2, 0.25) is 0 Å². The fourth-order valence-electron chi connectivity index (χ4n) is 2.69. The van der Waals surface area contributed by atoms with E-state index in [1.54, 1.807) is 6.07 Å². The normalized spacial score (nSPS) is 21.4. The van der Waals surface area contributed by atoms with Gasteiger partial charge in [0.15, 0.2) is 5.88 Å². The lowest BCUT2D eigenvalue weighted by Gasteiger charge is -2.18. The Morgan fingerprint density at radius 3 is 3.12 bits per heavy atom. The number of hydrogen-bond donors (Lipinski definition) is 1. The molecule has 1 saturated heterocycles. The maximum absolute atomic E-state index is 9.89. The fourth-order valence-corrected chi connectivity index (χ4v) is 2.69. The Bertz CT molecular complexity index is 534. The highest BCUT2D eigenvalue weighted by Gasteiger charge is 2.23. The van der Waals surface area contributed by atoms with Crippen LogP contribution in [0, 0.1) is 0 Å². The Labute approximate surface area is 101 Å². The molecule has 0 saturated carbocycles. The quantitative estimate of drug-likeness (QED) is 0.855. The van der Waals surface area contributed by atoms with Gasteiger partial charge in [0.2, 0.25) is 0 Å². The molecule has 1 aliphatic heterocycles. The summed E-state index contributed by atoms with van der Waals surface area (Å²) in [6, 6.07) is 6.07. The molecule has 0 aliphatic carbocycles. The van der Waals surface area contributed by atoms with Gasteiger partial charge in [0.1, 0.15) is 5.82 Å². The molecule has 0 radical (unpaired) electrons. The van der Waals surface area contributed by atoms with Crippen LogP contribution in [0.1, 0.15) is 18.7 Å². The molecule has 2 aromatic rings. The highest BCUT2D eigenvalue weighted by atomic mass is 16.3. The predicted octanol–water partition coefficient (Wildman–Crippen LogP) is 1.68. The van der Waals surface area contributed by atoms with Gasteiger partial charge >= 0.3 is 0 Å². The molecular formula is C13H17N3O. The molecule has 3 heterocycles. The van der Waals surface area contributed by atoms with Gasteiger partial charge in [-0.2, -0.15) is 0 Å². The number of pyridine rings is 1. The molecule has 90 valence electrons. The van der Waals surface area contributed by atoms with E-state index < -0.39 is 0 Å². The first-order chi connectivity index (χ1) is 8.25. The van der Waals surface area contributed by atoms with Crippen molar-refractivity contribution in [2.24, 2.45) is 0 Å². The van der Waals surface area contributed by atoms with Gasteiger partial charge < -0.3 is 10.0 Å². The minimum Gasteiger partial charge on any atom is -0.494 e. The summed E-state index contributed by atoms with van der Waals surface area (Å²) in [7, 11) is 2.16. The second kappa shape index (κ2) is 4.04. The summed E-state index contributed by atoms with van der Waals surface area (Å²) in [5.41, 5.74) is 0.959. The summed E-state index contributed by atoms with van der Waals surface area (Å²) in [6.45, 7) is 1.17. The molecule has 17 heavy (non-hydrogen) atoms. The first-order valence-electron chi connectivity index (χ1n) is 6.10. The Hall–Kier alpha value is -1.55. The van der Waals surface area contributed by atoms with Gasteiger partial charge in [-0.25, -0.2) is 4.98 Å². The molecule has 1 fully saturated rings. The van der Waals surface area contributed by atoms with Gasteiger partial charge in [0.25, 0.3) is 0 Å². The van der Waals surface area contributed by atoms with Gasteiger partial charge in [0.05, 0.1) is 11.7 Å². The van der Waals surface area contributed by atoms with Crippen LogP contribution in [0.3, 0.4) is 0 Å². The van der Waals surface area contributed by atoms with Crippen molar-refractivity contribution in [3.63, 3.8) is 0 Å². The summed E-state index contributed by atoms with van der Waals surface area (Å²) in [6.07, 6.45) is 5.21. The van der Waals surface area contributed by atoms with Crippen LogP contribution >= 0.6 is 0 Å². The Morgan fingerprint density at radius 1 is 1.47 bits per heavy atom. The molecule has 4 nitrogen and oxygen atoms in total. The molecule has 0 bridgehead atoms. The van der Waals surface area contributed by atoms with E-state index in [1.165, 1.54) is 19.4 Å². The van der Waals surface area contributed by atoms with Crippen LogP contribution in [0.15, 0.2) is 24.4 Å². The summed E-state index contributed by atoms with van der Waals surface area (Å²) in [5.74, 6) is 1.23. The van der Waals surface area contributed by atoms with Crippen molar-refractivity contribution in [2.45, 2.75) is 25.3 Å². The number of nitrogens with zero attached hydrogens (tertiary/aromatic N) is 3. The Morgan fingerprint density at radius 2 is 2.35 bits per heavy atom. The minimum atomic E-state index is 0.274. The molecule has 0 spiro atoms. The van der Waals surface area contributed by atoms with Gasteiger partial charge in [0, 0.05) is 12.5 Å². The summed E-state index contributed by atoms with van der Waals surface area (Å²) in [4.78, 5) is 6.81. The summed E-state index contributed by atoms with van der Waals surface area (Å²) >= 11 is 0. The molecule has 4 heteroatoms. The van der Waals surface area contributed by atoms with Crippen LogP contribution in [0.4, 0.5) is 0 Å². The number of rotatable bonds is 2. The van der Waals surface area contributed by atoms with Gasteiger partial charge in [-0.05, 0) is 38.6 Å². The molecule has 2 aromatic heterocycles. The van der Waals surface area contributed by atoms with E-state index in [2.05, 4.69) is 16.9 Å². The zero-order valence-corrected chi connectivity index (χ0v) is 10.0. The predicted molar refractivity (Wildman–Crippen MR) is 66.2 cm³/mol. The van der Waals surface area contributed by atoms with Gasteiger partial charge in [-0.1, -0.05) is 6.07 Å². The SMILES string of the molecule is CN1CCCC1Cc1ncc2cccc(O)n12. The van der Waals surface area contributed by atoms with Crippen LogP contribution in [-0.4, -0.2) is 39.0 Å². The molecule has 1 aliphatic rings. The molecular weight excluding hydrogens is 214 g/mol. The Balaban J connectivity index is 1.95. The van der Waals surface area contributed by atoms with Crippen molar-refractivity contribution in [3.8, 4) is 5.88 Å². The number of fused-ring (bicyclic) bond motifs is 1. The van der Waals surface area contributed by atoms with Gasteiger partial charge in [-0.15, -0.1) is 0 Å². The lowest BCUT2D eigenvalue weighted by molar-refractivity contribution is 0.304. The largest absolute Gasteiger partial charge is 0.494 e. The monoisotopic (exact) mass is 231 g/mol. The number of likely N-dealkylation sites (tertiary alicyclic amines) is 1. The van der Waals surface area contributed by atoms with E-state index in [-0.39, 0.29) is 5.88 Å².